The van der Waals surface area contributed by atoms with E-state index < -0.39 is 9.15 Å². The molecule has 0 bridgehead atoms. The Morgan fingerprint density at radius 3 is 2.76 bits per heavy atom. The summed E-state index contributed by atoms with van der Waals surface area (Å²) in [5.74, 6) is 0.476. The molecule has 2 heterocycles. The predicted molar refractivity (Wildman–Crippen MR) is 99.0 cm³/mol. The second kappa shape index (κ2) is 7.17. The fourth-order valence-electron chi connectivity index (χ4n) is 2.41. The van der Waals surface area contributed by atoms with Gasteiger partial charge in [0.1, 0.15) is 5.82 Å². The average molecular weight is 396 g/mol. The van der Waals surface area contributed by atoms with Gasteiger partial charge in [-0.3, -0.25) is 9.54 Å². The van der Waals surface area contributed by atoms with E-state index >= 15 is 0 Å². The van der Waals surface area contributed by atoms with Crippen molar-refractivity contribution in [2.24, 2.45) is 0 Å². The normalized spacial score (nSPS) is 11.6. The van der Waals surface area contributed by atoms with Gasteiger partial charge in [0.15, 0.2) is 0 Å². The Balaban J connectivity index is 2.14. The number of aryl methyl sites for hydroxylation is 1. The molecule has 3 rings (SSSR count). The molecule has 3 aromatic rings. The fourth-order valence-corrected chi connectivity index (χ4v) is 4.29. The molecule has 0 aliphatic heterocycles. The largest absolute Gasteiger partial charge is 0.341 e. The Morgan fingerprint density at radius 1 is 1.32 bits per heavy atom. The fraction of sp³-hybridized carbons (Fsp3) is 0.125. The van der Waals surface area contributed by atoms with Gasteiger partial charge in [-0.1, -0.05) is 18.5 Å². The molecule has 0 aliphatic carbocycles. The van der Waals surface area contributed by atoms with Crippen molar-refractivity contribution in [2.45, 2.75) is 18.2 Å². The third kappa shape index (κ3) is 4.21. The first-order valence-corrected chi connectivity index (χ1v) is 10.5. The van der Waals surface area contributed by atoms with Gasteiger partial charge >= 0.3 is 9.15 Å². The number of pyridine rings is 1. The van der Waals surface area contributed by atoms with E-state index in [9.17, 15) is 8.42 Å². The Kier molecular flexibility index (Phi) is 5.14. The van der Waals surface area contributed by atoms with Gasteiger partial charge in [0, 0.05) is 49.9 Å². The van der Waals surface area contributed by atoms with Crippen LogP contribution < -0.4 is 0 Å². The smallest absolute Gasteiger partial charge is 0.324 e. The van der Waals surface area contributed by atoms with E-state index in [-0.39, 0.29) is 0 Å². The van der Waals surface area contributed by atoms with E-state index in [2.05, 4.69) is 15.0 Å². The highest BCUT2D eigenvalue weighted by molar-refractivity contribution is 8.70. The number of hydrogen-bond donors (Lipinski definition) is 2. The Morgan fingerprint density at radius 2 is 2.12 bits per heavy atom. The van der Waals surface area contributed by atoms with Crippen LogP contribution in [0.1, 0.15) is 12.6 Å². The topological polar surface area (TPSA) is 95.9 Å². The van der Waals surface area contributed by atoms with E-state index in [1.54, 1.807) is 24.5 Å². The highest BCUT2D eigenvalue weighted by atomic mass is 35.5. The van der Waals surface area contributed by atoms with Crippen molar-refractivity contribution in [1.82, 2.24) is 15.0 Å². The summed E-state index contributed by atoms with van der Waals surface area (Å²) in [7, 11) is -3.91. The number of aromatic nitrogens is 3. The molecule has 9 heteroatoms. The van der Waals surface area contributed by atoms with Crippen LogP contribution in [0.5, 0.6) is 0 Å². The summed E-state index contributed by atoms with van der Waals surface area (Å²) in [6.07, 6.45) is 4.10. The van der Waals surface area contributed by atoms with Crippen molar-refractivity contribution in [3.8, 4) is 22.6 Å². The number of aromatic amines is 1. The SMILES string of the molecule is CCc1[nH]c(-c2cc(Cl)ccc2SS(=O)(=O)O)nc1-c1cccnc1. The summed E-state index contributed by atoms with van der Waals surface area (Å²) in [5, 5.41) is 0.437. The van der Waals surface area contributed by atoms with Gasteiger partial charge in [-0.25, -0.2) is 4.98 Å². The van der Waals surface area contributed by atoms with Crippen LogP contribution in [0.3, 0.4) is 0 Å². The molecule has 0 saturated carbocycles. The van der Waals surface area contributed by atoms with E-state index in [0.717, 1.165) is 17.0 Å². The maximum Gasteiger partial charge on any atom is 0.324 e. The molecular weight excluding hydrogens is 382 g/mol. The van der Waals surface area contributed by atoms with Crippen LogP contribution in [0.4, 0.5) is 0 Å². The maximum atomic E-state index is 11.3. The lowest BCUT2D eigenvalue weighted by Crippen LogP contribution is -1.92. The molecular formula is C16H14ClN3O3S2. The first kappa shape index (κ1) is 17.9. The average Bonchev–Trinajstić information content (AvgIpc) is 3.00. The van der Waals surface area contributed by atoms with Crippen molar-refractivity contribution in [3.05, 3.63) is 53.4 Å². The summed E-state index contributed by atoms with van der Waals surface area (Å²) in [5.41, 5.74) is 2.99. The molecule has 0 fully saturated rings. The highest BCUT2D eigenvalue weighted by Crippen LogP contribution is 2.36. The predicted octanol–water partition coefficient (Wildman–Crippen LogP) is 4.25. The zero-order chi connectivity index (χ0) is 18.0. The zero-order valence-electron chi connectivity index (χ0n) is 13.1. The van der Waals surface area contributed by atoms with E-state index in [1.165, 1.54) is 6.07 Å². The van der Waals surface area contributed by atoms with Crippen LogP contribution in [-0.4, -0.2) is 27.9 Å². The number of H-pyrrole nitrogens is 1. The van der Waals surface area contributed by atoms with Crippen LogP contribution in [0.15, 0.2) is 47.6 Å². The van der Waals surface area contributed by atoms with Crippen LogP contribution in [0, 0.1) is 0 Å². The molecule has 0 atom stereocenters. The minimum absolute atomic E-state index is 0.334. The zero-order valence-corrected chi connectivity index (χ0v) is 15.5. The Bertz CT molecular complexity index is 1000. The lowest BCUT2D eigenvalue weighted by atomic mass is 10.1. The molecule has 25 heavy (non-hydrogen) atoms. The van der Waals surface area contributed by atoms with Gasteiger partial charge in [0.05, 0.1) is 5.69 Å². The molecule has 1 aromatic carbocycles. The molecule has 6 nitrogen and oxygen atoms in total. The molecule has 0 radical (unpaired) electrons. The molecule has 130 valence electrons. The van der Waals surface area contributed by atoms with Crippen molar-refractivity contribution < 1.29 is 13.0 Å². The van der Waals surface area contributed by atoms with Crippen LogP contribution >= 0.6 is 22.4 Å². The summed E-state index contributed by atoms with van der Waals surface area (Å²) in [6, 6.07) is 8.43. The van der Waals surface area contributed by atoms with Crippen molar-refractivity contribution in [3.63, 3.8) is 0 Å². The lowest BCUT2D eigenvalue weighted by molar-refractivity contribution is 0.503. The standard InChI is InChI=1S/C16H14ClN3O3S2/c1-2-13-15(10-4-3-7-18-9-10)20-16(19-13)12-8-11(17)5-6-14(12)24-25(21,22)23/h3-9H,2H2,1H3,(H,19,20)(H,21,22,23). The number of nitrogens with one attached hydrogen (secondary N) is 1. The first-order chi connectivity index (χ1) is 11.9. The number of nitrogens with zero attached hydrogens (tertiary/aromatic N) is 2. The monoisotopic (exact) mass is 395 g/mol. The van der Waals surface area contributed by atoms with Gasteiger partial charge < -0.3 is 4.98 Å². The molecule has 2 N–H and O–H groups in total. The Hall–Kier alpha value is -1.87. The molecule has 0 saturated heterocycles. The first-order valence-electron chi connectivity index (χ1n) is 7.33. The van der Waals surface area contributed by atoms with Gasteiger partial charge in [0.25, 0.3) is 0 Å². The third-order valence-electron chi connectivity index (χ3n) is 3.46. The second-order valence-electron chi connectivity index (χ2n) is 5.16. The van der Waals surface area contributed by atoms with E-state index in [4.69, 9.17) is 16.2 Å². The van der Waals surface area contributed by atoms with Crippen LogP contribution in [-0.2, 0) is 15.6 Å². The quantitative estimate of drug-likeness (QED) is 0.495. The van der Waals surface area contributed by atoms with E-state index in [0.29, 0.717) is 38.5 Å². The molecule has 0 aliphatic rings. The number of rotatable bonds is 5. The van der Waals surface area contributed by atoms with Gasteiger partial charge in [-0.15, -0.1) is 0 Å². The van der Waals surface area contributed by atoms with Gasteiger partial charge in [0.2, 0.25) is 0 Å². The van der Waals surface area contributed by atoms with Crippen LogP contribution in [0.2, 0.25) is 5.02 Å². The highest BCUT2D eigenvalue weighted by Gasteiger charge is 2.18. The second-order valence-corrected chi connectivity index (χ2v) is 8.82. The lowest BCUT2D eigenvalue weighted by Gasteiger charge is -2.05. The summed E-state index contributed by atoms with van der Waals surface area (Å²) in [6.45, 7) is 1.99. The van der Waals surface area contributed by atoms with Crippen LogP contribution in [0.25, 0.3) is 22.6 Å². The number of benzene rings is 1. The van der Waals surface area contributed by atoms with Crippen molar-refractivity contribution in [2.75, 3.05) is 0 Å². The summed E-state index contributed by atoms with van der Waals surface area (Å²) >= 11 is 6.06. The molecule has 0 unspecified atom stereocenters. The van der Waals surface area contributed by atoms with Gasteiger partial charge in [-0.2, -0.15) is 8.42 Å². The molecule has 2 aromatic heterocycles. The number of imidazole rings is 1. The molecule has 0 amide bonds. The molecule has 0 spiro atoms. The van der Waals surface area contributed by atoms with E-state index in [1.807, 2.05) is 19.1 Å². The summed E-state index contributed by atoms with van der Waals surface area (Å²) < 4.78 is 31.7. The minimum atomic E-state index is -4.26. The van der Waals surface area contributed by atoms with Crippen molar-refractivity contribution >= 4 is 31.5 Å². The van der Waals surface area contributed by atoms with Crippen molar-refractivity contribution in [1.29, 1.82) is 0 Å². The number of halogens is 1. The Labute approximate surface area is 153 Å². The van der Waals surface area contributed by atoms with Gasteiger partial charge in [-0.05, 0) is 36.8 Å². The maximum absolute atomic E-state index is 11.3. The minimum Gasteiger partial charge on any atom is -0.341 e. The third-order valence-corrected chi connectivity index (χ3v) is 5.61. The summed E-state index contributed by atoms with van der Waals surface area (Å²) in [4.78, 5) is 12.3. The number of hydrogen-bond acceptors (Lipinski definition) is 5.